The first-order valence-corrected chi connectivity index (χ1v) is 10.1. The number of hydrogen-bond acceptors (Lipinski definition) is 3. The molecule has 1 aliphatic rings. The number of carbonyl (C=O) groups is 2. The molecule has 0 bridgehead atoms. The van der Waals surface area contributed by atoms with Crippen LogP contribution in [0.15, 0.2) is 30.3 Å². The summed E-state index contributed by atoms with van der Waals surface area (Å²) < 4.78 is 7.28. The lowest BCUT2D eigenvalue weighted by atomic mass is 9.97. The number of benzene rings is 1. The number of piperidine rings is 1. The van der Waals surface area contributed by atoms with Crippen LogP contribution < -0.4 is 0 Å². The molecule has 1 atom stereocenters. The summed E-state index contributed by atoms with van der Waals surface area (Å²) >= 11 is 0. The van der Waals surface area contributed by atoms with Crippen LogP contribution in [-0.2, 0) is 16.1 Å². The second-order valence-electron chi connectivity index (χ2n) is 7.67. The first-order valence-electron chi connectivity index (χ1n) is 10.1. The van der Waals surface area contributed by atoms with Crippen molar-refractivity contribution in [2.45, 2.75) is 47.1 Å². The zero-order valence-corrected chi connectivity index (χ0v) is 17.3. The van der Waals surface area contributed by atoms with E-state index in [0.717, 1.165) is 29.8 Å². The Morgan fingerprint density at radius 1 is 1.14 bits per heavy atom. The van der Waals surface area contributed by atoms with Gasteiger partial charge in [-0.25, -0.2) is 0 Å². The summed E-state index contributed by atoms with van der Waals surface area (Å²) in [5.41, 5.74) is 5.20. The normalized spacial score (nSPS) is 16.9. The zero-order chi connectivity index (χ0) is 20.3. The van der Waals surface area contributed by atoms with E-state index in [1.807, 2.05) is 37.8 Å². The molecule has 2 heterocycles. The number of amides is 1. The van der Waals surface area contributed by atoms with Crippen LogP contribution in [0.2, 0.25) is 0 Å². The summed E-state index contributed by atoms with van der Waals surface area (Å²) in [7, 11) is 0. The van der Waals surface area contributed by atoms with Crippen LogP contribution in [0.5, 0.6) is 0 Å². The van der Waals surface area contributed by atoms with Gasteiger partial charge in [-0.1, -0.05) is 24.3 Å². The van der Waals surface area contributed by atoms with Crippen LogP contribution in [0, 0.1) is 26.7 Å². The van der Waals surface area contributed by atoms with Gasteiger partial charge in [0, 0.05) is 25.3 Å². The van der Waals surface area contributed by atoms with Crippen molar-refractivity contribution >= 4 is 11.9 Å². The highest BCUT2D eigenvalue weighted by Gasteiger charge is 2.31. The first-order chi connectivity index (χ1) is 13.4. The van der Waals surface area contributed by atoms with Crippen molar-refractivity contribution in [3.63, 3.8) is 0 Å². The third kappa shape index (κ3) is 4.13. The molecule has 1 saturated heterocycles. The summed E-state index contributed by atoms with van der Waals surface area (Å²) in [6.07, 6.45) is 1.61. The molecule has 1 aliphatic heterocycles. The monoisotopic (exact) mass is 382 g/mol. The van der Waals surface area contributed by atoms with Crippen molar-refractivity contribution in [2.24, 2.45) is 5.92 Å². The number of nitrogens with zero attached hydrogens (tertiary/aromatic N) is 2. The number of rotatable bonds is 5. The van der Waals surface area contributed by atoms with Gasteiger partial charge in [0.1, 0.15) is 5.69 Å². The quantitative estimate of drug-likeness (QED) is 0.738. The van der Waals surface area contributed by atoms with Crippen LogP contribution in [0.4, 0.5) is 0 Å². The molecule has 0 N–H and O–H groups in total. The highest BCUT2D eigenvalue weighted by molar-refractivity contribution is 5.95. The third-order valence-electron chi connectivity index (χ3n) is 5.62. The van der Waals surface area contributed by atoms with Gasteiger partial charge in [-0.15, -0.1) is 0 Å². The molecule has 2 aromatic rings. The van der Waals surface area contributed by atoms with Gasteiger partial charge in [0.05, 0.1) is 12.5 Å². The van der Waals surface area contributed by atoms with Crippen molar-refractivity contribution in [1.82, 2.24) is 9.47 Å². The molecule has 0 saturated carbocycles. The Balaban J connectivity index is 1.86. The van der Waals surface area contributed by atoms with E-state index in [2.05, 4.69) is 29.7 Å². The number of carbonyl (C=O) groups excluding carboxylic acids is 2. The van der Waals surface area contributed by atoms with Gasteiger partial charge in [-0.3, -0.25) is 9.59 Å². The van der Waals surface area contributed by atoms with Gasteiger partial charge >= 0.3 is 5.97 Å². The summed E-state index contributed by atoms with van der Waals surface area (Å²) in [5.74, 6) is -0.407. The fraction of sp³-hybridized carbons (Fsp3) is 0.478. The SMILES string of the molecule is CCOC(=O)C1CCCN(C(=O)c2c(C)cc(C)n2Cc2ccccc2C)C1. The maximum Gasteiger partial charge on any atom is 0.310 e. The van der Waals surface area contributed by atoms with E-state index in [0.29, 0.717) is 26.2 Å². The van der Waals surface area contributed by atoms with Gasteiger partial charge < -0.3 is 14.2 Å². The lowest BCUT2D eigenvalue weighted by molar-refractivity contribution is -0.149. The average molecular weight is 383 g/mol. The Kier molecular flexibility index (Phi) is 6.22. The Morgan fingerprint density at radius 2 is 1.89 bits per heavy atom. The molecule has 1 aromatic heterocycles. The maximum atomic E-state index is 13.4. The molecular formula is C23H30N2O3. The predicted octanol–water partition coefficient (Wildman–Crippen LogP) is 3.88. The minimum atomic E-state index is -0.223. The molecule has 1 fully saturated rings. The van der Waals surface area contributed by atoms with E-state index in [4.69, 9.17) is 4.74 Å². The largest absolute Gasteiger partial charge is 0.466 e. The Bertz CT molecular complexity index is 869. The summed E-state index contributed by atoms with van der Waals surface area (Å²) in [6, 6.07) is 10.3. The number of ether oxygens (including phenoxy) is 1. The molecule has 5 heteroatoms. The highest BCUT2D eigenvalue weighted by Crippen LogP contribution is 2.24. The number of aromatic nitrogens is 1. The standard InChI is InChI=1S/C23H30N2O3/c1-5-28-23(27)20-11-8-12-24(14-20)22(26)21-17(3)13-18(4)25(21)15-19-10-7-6-9-16(19)2/h6-7,9-10,13,20H,5,8,11-12,14-15H2,1-4H3. The van der Waals surface area contributed by atoms with Gasteiger partial charge in [-0.2, -0.15) is 0 Å². The fourth-order valence-electron chi connectivity index (χ4n) is 4.06. The summed E-state index contributed by atoms with van der Waals surface area (Å²) in [5, 5.41) is 0. The summed E-state index contributed by atoms with van der Waals surface area (Å²) in [4.78, 5) is 27.4. The van der Waals surface area contributed by atoms with E-state index in [1.165, 1.54) is 11.1 Å². The van der Waals surface area contributed by atoms with E-state index in [9.17, 15) is 9.59 Å². The van der Waals surface area contributed by atoms with Crippen LogP contribution in [0.1, 0.15) is 52.6 Å². The zero-order valence-electron chi connectivity index (χ0n) is 17.3. The van der Waals surface area contributed by atoms with E-state index in [1.54, 1.807) is 0 Å². The minimum Gasteiger partial charge on any atom is -0.466 e. The maximum absolute atomic E-state index is 13.4. The highest BCUT2D eigenvalue weighted by atomic mass is 16.5. The molecule has 1 unspecified atom stereocenters. The Morgan fingerprint density at radius 3 is 2.61 bits per heavy atom. The number of likely N-dealkylation sites (tertiary alicyclic amines) is 1. The van der Waals surface area contributed by atoms with Gasteiger partial charge in [0.2, 0.25) is 0 Å². The van der Waals surface area contributed by atoms with E-state index < -0.39 is 0 Å². The molecule has 150 valence electrons. The second kappa shape index (κ2) is 8.63. The molecule has 5 nitrogen and oxygen atoms in total. The van der Waals surface area contributed by atoms with Crippen molar-refractivity contribution in [1.29, 1.82) is 0 Å². The van der Waals surface area contributed by atoms with Crippen molar-refractivity contribution in [3.8, 4) is 0 Å². The molecule has 0 radical (unpaired) electrons. The molecular weight excluding hydrogens is 352 g/mol. The number of esters is 1. The molecule has 1 amide bonds. The van der Waals surface area contributed by atoms with Gasteiger partial charge in [-0.05, 0) is 63.3 Å². The average Bonchev–Trinajstić information content (AvgIpc) is 2.96. The number of aryl methyl sites for hydroxylation is 3. The van der Waals surface area contributed by atoms with Crippen LogP contribution >= 0.6 is 0 Å². The summed E-state index contributed by atoms with van der Waals surface area (Å²) in [6.45, 7) is 10.1. The molecule has 0 spiro atoms. The lowest BCUT2D eigenvalue weighted by Gasteiger charge is -2.32. The molecule has 3 rings (SSSR count). The smallest absolute Gasteiger partial charge is 0.310 e. The molecule has 1 aromatic carbocycles. The fourth-order valence-corrected chi connectivity index (χ4v) is 4.06. The molecule has 28 heavy (non-hydrogen) atoms. The first kappa shape index (κ1) is 20.2. The van der Waals surface area contributed by atoms with Crippen molar-refractivity contribution in [3.05, 3.63) is 58.4 Å². The van der Waals surface area contributed by atoms with Crippen LogP contribution in [0.3, 0.4) is 0 Å². The predicted molar refractivity (Wildman–Crippen MR) is 109 cm³/mol. The van der Waals surface area contributed by atoms with Crippen LogP contribution in [-0.4, -0.2) is 41.0 Å². The van der Waals surface area contributed by atoms with Gasteiger partial charge in [0.25, 0.3) is 5.91 Å². The third-order valence-corrected chi connectivity index (χ3v) is 5.62. The van der Waals surface area contributed by atoms with E-state index >= 15 is 0 Å². The van der Waals surface area contributed by atoms with Gasteiger partial charge in [0.15, 0.2) is 0 Å². The lowest BCUT2D eigenvalue weighted by Crippen LogP contribution is -2.43. The minimum absolute atomic E-state index is 0.00758. The number of hydrogen-bond donors (Lipinski definition) is 0. The second-order valence-corrected chi connectivity index (χ2v) is 7.67. The topological polar surface area (TPSA) is 51.5 Å². The Hall–Kier alpha value is -2.56. The van der Waals surface area contributed by atoms with Crippen LogP contribution in [0.25, 0.3) is 0 Å². The molecule has 0 aliphatic carbocycles. The Labute approximate surface area is 167 Å². The van der Waals surface area contributed by atoms with E-state index in [-0.39, 0.29) is 17.8 Å². The van der Waals surface area contributed by atoms with Crippen molar-refractivity contribution in [2.75, 3.05) is 19.7 Å². The van der Waals surface area contributed by atoms with Crippen molar-refractivity contribution < 1.29 is 14.3 Å².